The number of pyridine rings is 1. The van der Waals surface area contributed by atoms with E-state index in [0.29, 0.717) is 15.6 Å². The Bertz CT molecular complexity index is 1200. The van der Waals surface area contributed by atoms with Crippen molar-refractivity contribution >= 4 is 39.7 Å². The van der Waals surface area contributed by atoms with Crippen molar-refractivity contribution in [3.05, 3.63) is 92.2 Å². The number of hydrazone groups is 1. The smallest absolute Gasteiger partial charge is 0.343 e. The molecule has 3 aromatic rings. The molecule has 32 heavy (non-hydrogen) atoms. The summed E-state index contributed by atoms with van der Waals surface area (Å²) in [6.07, 6.45) is 4.36. The highest BCUT2D eigenvalue weighted by Gasteiger charge is 2.14. The highest BCUT2D eigenvalue weighted by molar-refractivity contribution is 9.10. The Kier molecular flexibility index (Phi) is 7.24. The van der Waals surface area contributed by atoms with Crippen molar-refractivity contribution in [3.8, 4) is 11.5 Å². The van der Waals surface area contributed by atoms with E-state index in [1.54, 1.807) is 24.4 Å². The van der Waals surface area contributed by atoms with Crippen LogP contribution in [0, 0.1) is 10.1 Å². The Balaban J connectivity index is 1.67. The summed E-state index contributed by atoms with van der Waals surface area (Å²) in [5.74, 6) is -0.728. The number of non-ortho nitro benzene ring substituents is 1. The van der Waals surface area contributed by atoms with Crippen LogP contribution in [0.15, 0.2) is 70.5 Å². The fraction of sp³-hybridized carbons (Fsp3) is 0.0476. The van der Waals surface area contributed by atoms with Crippen LogP contribution in [0.1, 0.15) is 26.3 Å². The zero-order chi connectivity index (χ0) is 23.1. The van der Waals surface area contributed by atoms with Crippen LogP contribution >= 0.6 is 15.9 Å². The van der Waals surface area contributed by atoms with Crippen molar-refractivity contribution in [3.63, 3.8) is 0 Å². The summed E-state index contributed by atoms with van der Waals surface area (Å²) in [7, 11) is 1.40. The van der Waals surface area contributed by atoms with E-state index in [0.717, 1.165) is 0 Å². The molecule has 0 unspecified atom stereocenters. The van der Waals surface area contributed by atoms with Crippen molar-refractivity contribution in [1.82, 2.24) is 10.4 Å². The summed E-state index contributed by atoms with van der Waals surface area (Å²) in [5.41, 5.74) is 3.31. The normalized spacial score (nSPS) is 10.6. The number of halogens is 1. The van der Waals surface area contributed by atoms with Gasteiger partial charge in [0.15, 0.2) is 11.5 Å². The van der Waals surface area contributed by atoms with E-state index < -0.39 is 16.8 Å². The second-order valence-electron chi connectivity index (χ2n) is 6.19. The van der Waals surface area contributed by atoms with Crippen molar-refractivity contribution in [2.45, 2.75) is 0 Å². The molecule has 0 atom stereocenters. The first-order chi connectivity index (χ1) is 15.4. The molecule has 2 aromatic carbocycles. The lowest BCUT2D eigenvalue weighted by Crippen LogP contribution is -2.17. The van der Waals surface area contributed by atoms with E-state index in [1.165, 1.54) is 49.9 Å². The van der Waals surface area contributed by atoms with E-state index in [9.17, 15) is 19.7 Å². The van der Waals surface area contributed by atoms with Gasteiger partial charge in [0.2, 0.25) is 0 Å². The van der Waals surface area contributed by atoms with Crippen molar-refractivity contribution in [2.75, 3.05) is 7.11 Å². The van der Waals surface area contributed by atoms with Crippen LogP contribution in [-0.4, -0.2) is 35.1 Å². The highest BCUT2D eigenvalue weighted by atomic mass is 79.9. The number of benzene rings is 2. The number of carbonyl (C=O) groups is 2. The minimum atomic E-state index is -0.700. The third-order valence-electron chi connectivity index (χ3n) is 4.05. The van der Waals surface area contributed by atoms with Gasteiger partial charge in [-0.2, -0.15) is 5.10 Å². The fourth-order valence-electron chi connectivity index (χ4n) is 2.49. The summed E-state index contributed by atoms with van der Waals surface area (Å²) in [6.45, 7) is 0. The molecule has 0 bridgehead atoms. The van der Waals surface area contributed by atoms with Crippen molar-refractivity contribution in [2.24, 2.45) is 5.10 Å². The van der Waals surface area contributed by atoms with Gasteiger partial charge in [0.05, 0.1) is 29.4 Å². The molecule has 0 aliphatic carbocycles. The molecule has 0 radical (unpaired) electrons. The summed E-state index contributed by atoms with van der Waals surface area (Å²) < 4.78 is 11.2. The van der Waals surface area contributed by atoms with Gasteiger partial charge in [0.25, 0.3) is 11.6 Å². The van der Waals surface area contributed by atoms with E-state index in [1.807, 2.05) is 0 Å². The zero-order valence-electron chi connectivity index (χ0n) is 16.5. The Morgan fingerprint density at radius 2 is 1.84 bits per heavy atom. The summed E-state index contributed by atoms with van der Waals surface area (Å²) >= 11 is 3.24. The number of hydrogen-bond acceptors (Lipinski definition) is 8. The van der Waals surface area contributed by atoms with Gasteiger partial charge >= 0.3 is 5.97 Å². The number of nitro benzene ring substituents is 1. The molecule has 0 aliphatic heterocycles. The van der Waals surface area contributed by atoms with E-state index >= 15 is 0 Å². The number of carbonyl (C=O) groups excluding carboxylic acids is 2. The van der Waals surface area contributed by atoms with Gasteiger partial charge < -0.3 is 9.47 Å². The monoisotopic (exact) mass is 498 g/mol. The molecule has 0 aliphatic rings. The predicted molar refractivity (Wildman–Crippen MR) is 118 cm³/mol. The van der Waals surface area contributed by atoms with Crippen LogP contribution in [0.4, 0.5) is 5.69 Å². The molecule has 1 amide bonds. The fourth-order valence-corrected chi connectivity index (χ4v) is 2.86. The van der Waals surface area contributed by atoms with Crippen LogP contribution in [0.25, 0.3) is 0 Å². The average Bonchev–Trinajstić information content (AvgIpc) is 2.79. The maximum atomic E-state index is 12.3. The molecule has 11 heteroatoms. The zero-order valence-corrected chi connectivity index (χ0v) is 18.1. The lowest BCUT2D eigenvalue weighted by atomic mass is 10.2. The predicted octanol–water partition coefficient (Wildman–Crippen LogP) is 3.74. The number of nitrogens with one attached hydrogen (secondary N) is 1. The minimum absolute atomic E-state index is 0.133. The van der Waals surface area contributed by atoms with Crippen molar-refractivity contribution in [1.29, 1.82) is 0 Å². The maximum Gasteiger partial charge on any atom is 0.343 e. The number of aromatic nitrogens is 1. The molecular formula is C21H15BrN4O6. The maximum absolute atomic E-state index is 12.3. The molecule has 0 saturated heterocycles. The van der Waals surface area contributed by atoms with E-state index in [-0.39, 0.29) is 22.7 Å². The van der Waals surface area contributed by atoms with Crippen LogP contribution in [-0.2, 0) is 0 Å². The lowest BCUT2D eigenvalue weighted by Gasteiger charge is -2.10. The number of ether oxygens (including phenoxy) is 2. The van der Waals surface area contributed by atoms with Crippen LogP contribution in [0.5, 0.6) is 11.5 Å². The number of esters is 1. The third kappa shape index (κ3) is 5.73. The van der Waals surface area contributed by atoms with Crippen LogP contribution in [0.2, 0.25) is 0 Å². The van der Waals surface area contributed by atoms with Crippen LogP contribution in [0.3, 0.4) is 0 Å². The molecule has 1 aromatic heterocycles. The second kappa shape index (κ2) is 10.3. The molecule has 0 spiro atoms. The first kappa shape index (κ1) is 22.6. The van der Waals surface area contributed by atoms with Gasteiger partial charge in [0, 0.05) is 29.0 Å². The quantitative estimate of drug-likeness (QED) is 0.172. The molecule has 3 rings (SSSR count). The lowest BCUT2D eigenvalue weighted by molar-refractivity contribution is -0.384. The minimum Gasteiger partial charge on any atom is -0.493 e. The number of amides is 1. The van der Waals surface area contributed by atoms with Crippen LogP contribution < -0.4 is 14.9 Å². The Morgan fingerprint density at radius 1 is 1.09 bits per heavy atom. The topological polar surface area (TPSA) is 133 Å². The molecule has 0 saturated carbocycles. The summed E-state index contributed by atoms with van der Waals surface area (Å²) in [5, 5.41) is 14.6. The molecule has 0 fully saturated rings. The number of nitrogens with zero attached hydrogens (tertiary/aromatic N) is 3. The average molecular weight is 499 g/mol. The first-order valence-electron chi connectivity index (χ1n) is 8.96. The van der Waals surface area contributed by atoms with Gasteiger partial charge in [-0.05, 0) is 57.9 Å². The highest BCUT2D eigenvalue weighted by Crippen LogP contribution is 2.28. The Hall–Kier alpha value is -4.12. The van der Waals surface area contributed by atoms with Gasteiger partial charge in [-0.1, -0.05) is 0 Å². The standard InChI is InChI=1S/C21H15BrN4O6/c1-31-19-8-13(10-24-25-20(27)15-9-16(22)12-23-11-15)2-7-18(19)32-21(28)14-3-5-17(6-4-14)26(29)30/h2-12H,1H3,(H,25,27). The molecular weight excluding hydrogens is 484 g/mol. The Labute approximate surface area is 190 Å². The summed E-state index contributed by atoms with van der Waals surface area (Å²) in [4.78, 5) is 38.5. The number of nitro groups is 1. The van der Waals surface area contributed by atoms with Gasteiger partial charge in [-0.15, -0.1) is 0 Å². The molecule has 162 valence electrons. The van der Waals surface area contributed by atoms with Crippen molar-refractivity contribution < 1.29 is 24.0 Å². The van der Waals surface area contributed by atoms with Gasteiger partial charge in [-0.3, -0.25) is 19.9 Å². The third-order valence-corrected chi connectivity index (χ3v) is 4.48. The number of rotatable bonds is 7. The second-order valence-corrected chi connectivity index (χ2v) is 7.11. The largest absolute Gasteiger partial charge is 0.493 e. The molecule has 1 N–H and O–H groups in total. The number of methoxy groups -OCH3 is 1. The van der Waals surface area contributed by atoms with E-state index in [4.69, 9.17) is 9.47 Å². The Morgan fingerprint density at radius 3 is 2.50 bits per heavy atom. The first-order valence-corrected chi connectivity index (χ1v) is 9.75. The van der Waals surface area contributed by atoms with E-state index in [2.05, 4.69) is 31.4 Å². The van der Waals surface area contributed by atoms with Gasteiger partial charge in [0.1, 0.15) is 0 Å². The SMILES string of the molecule is COc1cc(C=NNC(=O)c2cncc(Br)c2)ccc1OC(=O)c1ccc([N+](=O)[O-])cc1. The van der Waals surface area contributed by atoms with Gasteiger partial charge in [-0.25, -0.2) is 10.2 Å². The molecule has 10 nitrogen and oxygen atoms in total. The number of hydrogen-bond donors (Lipinski definition) is 1. The summed E-state index contributed by atoms with van der Waals surface area (Å²) in [6, 6.07) is 11.3. The molecule has 1 heterocycles.